The van der Waals surface area contributed by atoms with E-state index in [1.54, 1.807) is 7.11 Å². The molecule has 2 aromatic carbocycles. The number of unbranched alkanes of at least 4 members (excludes halogenated alkanes) is 1. The highest BCUT2D eigenvalue weighted by Crippen LogP contribution is 2.30. The van der Waals surface area contributed by atoms with Crippen LogP contribution in [-0.2, 0) is 16.6 Å². The molecule has 0 radical (unpaired) electrons. The maximum atomic E-state index is 13.0. The van der Waals surface area contributed by atoms with E-state index in [1.165, 1.54) is 39.9 Å². The van der Waals surface area contributed by atoms with Crippen molar-refractivity contribution in [3.05, 3.63) is 52.3 Å². The summed E-state index contributed by atoms with van der Waals surface area (Å²) in [7, 11) is -1.96. The molecule has 9 heteroatoms. The molecule has 1 amide bonds. The summed E-state index contributed by atoms with van der Waals surface area (Å²) in [6.07, 6.45) is 2.60. The summed E-state index contributed by atoms with van der Waals surface area (Å²) in [5, 5.41) is 0. The molecule has 184 valence electrons. The third-order valence-electron chi connectivity index (χ3n) is 5.70. The minimum atomic E-state index is -3.59. The zero-order valence-corrected chi connectivity index (χ0v) is 22.1. The van der Waals surface area contributed by atoms with Crippen molar-refractivity contribution in [2.75, 3.05) is 20.2 Å². The molecule has 0 aliphatic rings. The topological polar surface area (TPSA) is 81.0 Å². The average Bonchev–Trinajstić information content (AvgIpc) is 3.19. The molecule has 0 spiro atoms. The number of amides is 1. The van der Waals surface area contributed by atoms with E-state index in [0.717, 1.165) is 40.8 Å². The van der Waals surface area contributed by atoms with Crippen molar-refractivity contribution in [2.24, 2.45) is 4.99 Å². The lowest BCUT2D eigenvalue weighted by Gasteiger charge is -2.20. The van der Waals surface area contributed by atoms with Crippen LogP contribution < -0.4 is 9.54 Å². The first-order valence-corrected chi connectivity index (χ1v) is 13.9. The van der Waals surface area contributed by atoms with Crippen molar-refractivity contribution in [1.82, 2.24) is 8.87 Å². The van der Waals surface area contributed by atoms with Gasteiger partial charge < -0.3 is 9.30 Å². The number of aryl methyl sites for hydroxylation is 2. The van der Waals surface area contributed by atoms with Crippen molar-refractivity contribution in [3.63, 3.8) is 0 Å². The second kappa shape index (κ2) is 11.3. The van der Waals surface area contributed by atoms with E-state index in [9.17, 15) is 13.2 Å². The van der Waals surface area contributed by atoms with Gasteiger partial charge in [0.1, 0.15) is 11.3 Å². The summed E-state index contributed by atoms with van der Waals surface area (Å²) >= 11 is 1.46. The molecule has 3 rings (SSSR count). The number of carbonyl (C=O) groups excluding carboxylic acids is 1. The van der Waals surface area contributed by atoms with Crippen LogP contribution in [0, 0.1) is 6.92 Å². The van der Waals surface area contributed by atoms with Crippen LogP contribution in [0.2, 0.25) is 0 Å². The monoisotopic (exact) mass is 503 g/mol. The van der Waals surface area contributed by atoms with E-state index in [4.69, 9.17) is 4.74 Å². The van der Waals surface area contributed by atoms with Crippen molar-refractivity contribution in [1.29, 1.82) is 0 Å². The molecule has 0 saturated heterocycles. The standard InChI is InChI=1S/C25H33N3O4S2/c1-6-9-17-27(8-3)34(30,31)20-13-11-19(12-14-20)24(29)26-25-28(16-7-2)22-21(32-5)15-10-18(4)23(22)33-25/h10-15H,6-9,16-17H2,1-5H3. The number of thiazole rings is 1. The molecule has 7 nitrogen and oxygen atoms in total. The maximum absolute atomic E-state index is 13.0. The second-order valence-electron chi connectivity index (χ2n) is 8.09. The van der Waals surface area contributed by atoms with Gasteiger partial charge in [0.05, 0.1) is 16.7 Å². The first-order chi connectivity index (χ1) is 16.3. The van der Waals surface area contributed by atoms with Gasteiger partial charge in [-0.1, -0.05) is 44.6 Å². The Morgan fingerprint density at radius 2 is 1.79 bits per heavy atom. The fourth-order valence-corrected chi connectivity index (χ4v) is 6.44. The van der Waals surface area contributed by atoms with E-state index in [0.29, 0.717) is 30.0 Å². The molecule has 0 bridgehead atoms. The molecule has 1 heterocycles. The molecule has 34 heavy (non-hydrogen) atoms. The summed E-state index contributed by atoms with van der Waals surface area (Å²) in [5.74, 6) is 0.340. The number of fused-ring (bicyclic) bond motifs is 1. The lowest BCUT2D eigenvalue weighted by Crippen LogP contribution is -2.31. The molecule has 0 N–H and O–H groups in total. The van der Waals surface area contributed by atoms with E-state index in [1.807, 2.05) is 37.5 Å². The van der Waals surface area contributed by atoms with Crippen molar-refractivity contribution < 1.29 is 17.9 Å². The maximum Gasteiger partial charge on any atom is 0.279 e. The van der Waals surface area contributed by atoms with Gasteiger partial charge in [0.15, 0.2) is 4.80 Å². The van der Waals surface area contributed by atoms with Crippen molar-refractivity contribution >= 4 is 37.5 Å². The van der Waals surface area contributed by atoms with Gasteiger partial charge >= 0.3 is 0 Å². The fourth-order valence-electron chi connectivity index (χ4n) is 3.81. The zero-order chi connectivity index (χ0) is 24.9. The number of carbonyl (C=O) groups is 1. The predicted octanol–water partition coefficient (Wildman–Crippen LogP) is 4.98. The van der Waals surface area contributed by atoms with Crippen LogP contribution in [0.1, 0.15) is 56.0 Å². The number of hydrogen-bond donors (Lipinski definition) is 0. The predicted molar refractivity (Wildman–Crippen MR) is 137 cm³/mol. The van der Waals surface area contributed by atoms with Crippen LogP contribution in [0.15, 0.2) is 46.3 Å². The molecule has 0 aliphatic heterocycles. The van der Waals surface area contributed by atoms with Gasteiger partial charge in [0.2, 0.25) is 10.0 Å². The Labute approximate surface area is 205 Å². The van der Waals surface area contributed by atoms with E-state index >= 15 is 0 Å². The summed E-state index contributed by atoms with van der Waals surface area (Å²) in [4.78, 5) is 18.2. The lowest BCUT2D eigenvalue weighted by atomic mass is 10.2. The number of ether oxygens (including phenoxy) is 1. The van der Waals surface area contributed by atoms with Gasteiger partial charge in [-0.05, 0) is 55.7 Å². The summed E-state index contributed by atoms with van der Waals surface area (Å²) in [5.41, 5.74) is 2.38. The number of methoxy groups -OCH3 is 1. The van der Waals surface area contributed by atoms with Crippen LogP contribution in [0.4, 0.5) is 0 Å². The number of benzene rings is 2. The summed E-state index contributed by atoms with van der Waals surface area (Å²) in [6.45, 7) is 9.55. The van der Waals surface area contributed by atoms with Crippen molar-refractivity contribution in [3.8, 4) is 5.75 Å². The molecule has 0 fully saturated rings. The Kier molecular flexibility index (Phi) is 8.67. The Hall–Kier alpha value is -2.49. The first-order valence-electron chi connectivity index (χ1n) is 11.6. The van der Waals surface area contributed by atoms with Crippen molar-refractivity contribution in [2.45, 2.75) is 58.4 Å². The lowest BCUT2D eigenvalue weighted by molar-refractivity contribution is 0.0997. The molecule has 0 aliphatic carbocycles. The Bertz CT molecular complexity index is 1320. The number of aromatic nitrogens is 1. The van der Waals surface area contributed by atoms with Gasteiger partial charge in [0.25, 0.3) is 5.91 Å². The van der Waals surface area contributed by atoms with Gasteiger partial charge in [-0.25, -0.2) is 8.42 Å². The van der Waals surface area contributed by atoms with Gasteiger partial charge in [-0.2, -0.15) is 9.30 Å². The van der Waals surface area contributed by atoms with Gasteiger partial charge in [-0.3, -0.25) is 4.79 Å². The van der Waals surface area contributed by atoms with Gasteiger partial charge in [-0.15, -0.1) is 0 Å². The Morgan fingerprint density at radius 1 is 1.09 bits per heavy atom. The number of rotatable bonds is 10. The smallest absolute Gasteiger partial charge is 0.279 e. The van der Waals surface area contributed by atoms with Crippen LogP contribution in [0.3, 0.4) is 0 Å². The second-order valence-corrected chi connectivity index (χ2v) is 11.0. The highest BCUT2D eigenvalue weighted by atomic mass is 32.2. The molecule has 0 atom stereocenters. The molecule has 0 saturated carbocycles. The fraction of sp³-hybridized carbons (Fsp3) is 0.440. The summed E-state index contributed by atoms with van der Waals surface area (Å²) < 4.78 is 36.0. The minimum absolute atomic E-state index is 0.185. The largest absolute Gasteiger partial charge is 0.495 e. The normalized spacial score (nSPS) is 12.6. The average molecular weight is 504 g/mol. The number of hydrogen-bond acceptors (Lipinski definition) is 5. The third kappa shape index (κ3) is 5.26. The summed E-state index contributed by atoms with van der Waals surface area (Å²) in [6, 6.07) is 9.99. The highest BCUT2D eigenvalue weighted by Gasteiger charge is 2.23. The zero-order valence-electron chi connectivity index (χ0n) is 20.5. The van der Waals surface area contributed by atoms with Crippen LogP contribution in [-0.4, -0.2) is 43.4 Å². The molecule has 1 aromatic heterocycles. The number of sulfonamides is 1. The van der Waals surface area contributed by atoms with Crippen LogP contribution in [0.5, 0.6) is 5.75 Å². The molecular formula is C25H33N3O4S2. The third-order valence-corrected chi connectivity index (χ3v) is 8.90. The van der Waals surface area contributed by atoms with E-state index in [-0.39, 0.29) is 4.90 Å². The quantitative estimate of drug-likeness (QED) is 0.391. The molecule has 0 unspecified atom stereocenters. The SMILES string of the molecule is CCCCN(CC)S(=O)(=O)c1ccc(C(=O)N=c2sc3c(C)ccc(OC)c3n2CCC)cc1. The van der Waals surface area contributed by atoms with E-state index in [2.05, 4.69) is 11.9 Å². The van der Waals surface area contributed by atoms with Crippen LogP contribution >= 0.6 is 11.3 Å². The molecular weight excluding hydrogens is 470 g/mol. The minimum Gasteiger partial charge on any atom is -0.495 e. The number of nitrogens with zero attached hydrogens (tertiary/aromatic N) is 3. The molecule has 3 aromatic rings. The Balaban J connectivity index is 1.99. The van der Waals surface area contributed by atoms with Gasteiger partial charge in [0, 0.05) is 25.2 Å². The van der Waals surface area contributed by atoms with Crippen LogP contribution in [0.25, 0.3) is 10.2 Å². The highest BCUT2D eigenvalue weighted by molar-refractivity contribution is 7.89. The van der Waals surface area contributed by atoms with E-state index < -0.39 is 15.9 Å². The first kappa shape index (κ1) is 26.1. The Morgan fingerprint density at radius 3 is 2.38 bits per heavy atom.